The molecule has 0 aliphatic heterocycles. The van der Waals surface area contributed by atoms with Crippen LogP contribution in [0.3, 0.4) is 0 Å². The molecule has 0 saturated heterocycles. The summed E-state index contributed by atoms with van der Waals surface area (Å²) in [5, 5.41) is 0. The van der Waals surface area contributed by atoms with Gasteiger partial charge in [0.15, 0.2) is 0 Å². The van der Waals surface area contributed by atoms with Crippen LogP contribution in [0, 0.1) is 13.8 Å². The van der Waals surface area contributed by atoms with Gasteiger partial charge in [-0.3, -0.25) is 5.73 Å². The first kappa shape index (κ1) is 6.08. The first-order chi connectivity index (χ1) is 4.20. The van der Waals surface area contributed by atoms with Crippen LogP contribution in [0.4, 0.5) is 5.82 Å². The van der Waals surface area contributed by atoms with Gasteiger partial charge in [0.05, 0.1) is 5.69 Å². The minimum atomic E-state index is 0.759. The normalized spacial score (nSPS) is 9.56. The largest absolute Gasteiger partial charge is 0.287 e. The van der Waals surface area contributed by atoms with Crippen LogP contribution in [0.25, 0.3) is 0 Å². The average molecular weight is 123 g/mol. The second kappa shape index (κ2) is 2.05. The van der Waals surface area contributed by atoms with Crippen LogP contribution in [0.5, 0.6) is 0 Å². The maximum absolute atomic E-state index is 5.57. The van der Waals surface area contributed by atoms with Crippen LogP contribution in [0.1, 0.15) is 11.3 Å². The number of aromatic amines is 1. The van der Waals surface area contributed by atoms with Crippen LogP contribution >= 0.6 is 0 Å². The lowest BCUT2D eigenvalue weighted by molar-refractivity contribution is -0.370. The van der Waals surface area contributed by atoms with Gasteiger partial charge >= 0.3 is 0 Å². The van der Waals surface area contributed by atoms with Gasteiger partial charge in [0.1, 0.15) is 0 Å². The number of anilines is 1. The summed E-state index contributed by atoms with van der Waals surface area (Å²) in [6.07, 6.45) is 0. The molecule has 1 aromatic rings. The van der Waals surface area contributed by atoms with Crippen LogP contribution in [-0.4, -0.2) is 0 Å². The summed E-state index contributed by atoms with van der Waals surface area (Å²) in [6, 6.07) is 4.01. The van der Waals surface area contributed by atoms with E-state index in [4.69, 9.17) is 5.73 Å². The van der Waals surface area contributed by atoms with Crippen molar-refractivity contribution >= 4 is 5.82 Å². The van der Waals surface area contributed by atoms with Gasteiger partial charge in [-0.25, -0.2) is 4.98 Å². The van der Waals surface area contributed by atoms with Crippen molar-refractivity contribution in [3.05, 3.63) is 23.4 Å². The predicted molar refractivity (Wildman–Crippen MR) is 36.9 cm³/mol. The molecule has 0 fully saturated rings. The van der Waals surface area contributed by atoms with Gasteiger partial charge in [0.2, 0.25) is 0 Å². The molecular formula is C7H11N2+. The SMILES string of the molecule is Cc1ccc(C)c(N)[nH+]1. The zero-order valence-corrected chi connectivity index (χ0v) is 5.73. The zero-order chi connectivity index (χ0) is 6.85. The maximum atomic E-state index is 5.57. The van der Waals surface area contributed by atoms with Crippen molar-refractivity contribution in [2.75, 3.05) is 5.73 Å². The van der Waals surface area contributed by atoms with Crippen molar-refractivity contribution in [1.82, 2.24) is 0 Å². The highest BCUT2D eigenvalue weighted by molar-refractivity contribution is 5.32. The number of pyridine rings is 1. The summed E-state index contributed by atoms with van der Waals surface area (Å²) in [7, 11) is 0. The predicted octanol–water partition coefficient (Wildman–Crippen LogP) is 0.700. The van der Waals surface area contributed by atoms with Crippen molar-refractivity contribution in [1.29, 1.82) is 0 Å². The third-order valence-electron chi connectivity index (χ3n) is 1.34. The fourth-order valence-corrected chi connectivity index (χ4v) is 0.692. The fraction of sp³-hybridized carbons (Fsp3) is 0.286. The highest BCUT2D eigenvalue weighted by Gasteiger charge is 1.97. The molecule has 3 N–H and O–H groups in total. The lowest BCUT2D eigenvalue weighted by Crippen LogP contribution is -2.14. The summed E-state index contributed by atoms with van der Waals surface area (Å²) >= 11 is 0. The monoisotopic (exact) mass is 123 g/mol. The van der Waals surface area contributed by atoms with Crippen molar-refractivity contribution in [3.8, 4) is 0 Å². The standard InChI is InChI=1S/C7H10N2/c1-5-3-4-6(2)9-7(5)8/h3-4H,1-2H3,(H2,8,9)/p+1. The van der Waals surface area contributed by atoms with Gasteiger partial charge in [-0.05, 0) is 26.0 Å². The van der Waals surface area contributed by atoms with E-state index in [2.05, 4.69) is 4.98 Å². The molecule has 0 aromatic carbocycles. The molecule has 0 spiro atoms. The van der Waals surface area contributed by atoms with Crippen LogP contribution in [0.15, 0.2) is 12.1 Å². The molecular weight excluding hydrogens is 112 g/mol. The summed E-state index contributed by atoms with van der Waals surface area (Å²) in [6.45, 7) is 3.96. The summed E-state index contributed by atoms with van der Waals surface area (Å²) in [5.41, 5.74) is 7.76. The van der Waals surface area contributed by atoms with E-state index in [9.17, 15) is 0 Å². The quantitative estimate of drug-likeness (QED) is 0.542. The number of hydrogen-bond donors (Lipinski definition) is 1. The lowest BCUT2D eigenvalue weighted by Gasteiger charge is -1.91. The highest BCUT2D eigenvalue weighted by atomic mass is 14.8. The molecule has 1 heterocycles. The Labute approximate surface area is 54.7 Å². The van der Waals surface area contributed by atoms with E-state index in [0.717, 1.165) is 17.1 Å². The van der Waals surface area contributed by atoms with E-state index >= 15 is 0 Å². The number of nitrogens with one attached hydrogen (secondary N) is 1. The van der Waals surface area contributed by atoms with E-state index in [0.29, 0.717) is 0 Å². The topological polar surface area (TPSA) is 40.2 Å². The van der Waals surface area contributed by atoms with E-state index < -0.39 is 0 Å². The van der Waals surface area contributed by atoms with E-state index in [1.54, 1.807) is 0 Å². The number of aryl methyl sites for hydroxylation is 2. The van der Waals surface area contributed by atoms with E-state index in [1.165, 1.54) is 0 Å². The Morgan fingerprint density at radius 3 is 2.44 bits per heavy atom. The average Bonchev–Trinajstić information content (AvgIpc) is 1.80. The molecule has 0 saturated carbocycles. The Morgan fingerprint density at radius 1 is 1.33 bits per heavy atom. The summed E-state index contributed by atoms with van der Waals surface area (Å²) < 4.78 is 0. The van der Waals surface area contributed by atoms with Gasteiger partial charge < -0.3 is 0 Å². The molecule has 1 aromatic heterocycles. The first-order valence-electron chi connectivity index (χ1n) is 2.95. The Balaban J connectivity index is 3.17. The summed E-state index contributed by atoms with van der Waals surface area (Å²) in [4.78, 5) is 3.02. The number of hydrogen-bond acceptors (Lipinski definition) is 1. The Kier molecular flexibility index (Phi) is 1.39. The second-order valence-corrected chi connectivity index (χ2v) is 2.24. The van der Waals surface area contributed by atoms with Gasteiger partial charge in [-0.2, -0.15) is 0 Å². The number of nitrogens with two attached hydrogens (primary N) is 1. The first-order valence-corrected chi connectivity index (χ1v) is 2.95. The maximum Gasteiger partial charge on any atom is 0.273 e. The molecule has 0 aliphatic rings. The van der Waals surface area contributed by atoms with Gasteiger partial charge in [-0.1, -0.05) is 0 Å². The molecule has 2 nitrogen and oxygen atoms in total. The molecule has 48 valence electrons. The second-order valence-electron chi connectivity index (χ2n) is 2.24. The van der Waals surface area contributed by atoms with E-state index in [-0.39, 0.29) is 0 Å². The minimum Gasteiger partial charge on any atom is -0.287 e. The lowest BCUT2D eigenvalue weighted by atomic mass is 10.2. The number of rotatable bonds is 0. The molecule has 2 heteroatoms. The fourth-order valence-electron chi connectivity index (χ4n) is 0.692. The molecule has 0 unspecified atom stereocenters. The molecule has 0 radical (unpaired) electrons. The van der Waals surface area contributed by atoms with Crippen molar-refractivity contribution in [2.24, 2.45) is 0 Å². The number of aromatic nitrogens is 1. The molecule has 0 aliphatic carbocycles. The van der Waals surface area contributed by atoms with Crippen molar-refractivity contribution < 1.29 is 4.98 Å². The molecule has 1 rings (SSSR count). The third kappa shape index (κ3) is 1.19. The van der Waals surface area contributed by atoms with Gasteiger partial charge in [0, 0.05) is 5.56 Å². The summed E-state index contributed by atoms with van der Waals surface area (Å²) in [5.74, 6) is 0.759. The molecule has 0 bridgehead atoms. The smallest absolute Gasteiger partial charge is 0.273 e. The van der Waals surface area contributed by atoms with Crippen LogP contribution in [-0.2, 0) is 0 Å². The van der Waals surface area contributed by atoms with Gasteiger partial charge in [-0.15, -0.1) is 0 Å². The van der Waals surface area contributed by atoms with Crippen molar-refractivity contribution in [3.63, 3.8) is 0 Å². The van der Waals surface area contributed by atoms with Crippen LogP contribution < -0.4 is 10.7 Å². The molecule has 0 atom stereocenters. The Hall–Kier alpha value is -1.05. The number of nitrogen functional groups attached to an aromatic ring is 1. The third-order valence-corrected chi connectivity index (χ3v) is 1.34. The molecule has 0 amide bonds. The van der Waals surface area contributed by atoms with Crippen molar-refractivity contribution in [2.45, 2.75) is 13.8 Å². The zero-order valence-electron chi connectivity index (χ0n) is 5.73. The molecule has 9 heavy (non-hydrogen) atoms. The van der Waals surface area contributed by atoms with Gasteiger partial charge in [0.25, 0.3) is 5.82 Å². The Morgan fingerprint density at radius 2 is 2.00 bits per heavy atom. The Bertz CT molecular complexity index is 218. The van der Waals surface area contributed by atoms with E-state index in [1.807, 2.05) is 26.0 Å². The number of H-pyrrole nitrogens is 1. The minimum absolute atomic E-state index is 0.759. The highest BCUT2D eigenvalue weighted by Crippen LogP contribution is 2.01. The van der Waals surface area contributed by atoms with Crippen LogP contribution in [0.2, 0.25) is 0 Å².